The molecule has 1 aromatic heterocycles. The van der Waals surface area contributed by atoms with Gasteiger partial charge >= 0.3 is 5.97 Å². The van der Waals surface area contributed by atoms with Gasteiger partial charge in [-0.3, -0.25) is 4.79 Å². The number of rotatable bonds is 8. The van der Waals surface area contributed by atoms with Crippen molar-refractivity contribution in [1.29, 1.82) is 0 Å². The molecule has 1 aliphatic rings. The van der Waals surface area contributed by atoms with E-state index < -0.39 is 5.97 Å². The summed E-state index contributed by atoms with van der Waals surface area (Å²) in [6, 6.07) is 10.5. The molecule has 1 atom stereocenters. The van der Waals surface area contributed by atoms with Crippen LogP contribution in [0.1, 0.15) is 28.1 Å². The predicted octanol–water partition coefficient (Wildman–Crippen LogP) is 2.78. The molecule has 0 radical (unpaired) electrons. The number of hydrogen-bond acceptors (Lipinski definition) is 6. The molecular weight excluding hydrogens is 354 g/mol. The molecule has 2 aromatic rings. The third-order valence-electron chi connectivity index (χ3n) is 3.92. The summed E-state index contributed by atoms with van der Waals surface area (Å²) in [6.45, 7) is 1.43. The van der Waals surface area contributed by atoms with E-state index in [1.165, 1.54) is 0 Å². The molecule has 6 nitrogen and oxygen atoms in total. The fourth-order valence-electron chi connectivity index (χ4n) is 2.52. The van der Waals surface area contributed by atoms with Crippen molar-refractivity contribution in [3.05, 3.63) is 52.2 Å². The summed E-state index contributed by atoms with van der Waals surface area (Å²) in [5, 5.41) is 4.65. The highest BCUT2D eigenvalue weighted by Gasteiger charge is 2.16. The van der Waals surface area contributed by atoms with Crippen molar-refractivity contribution in [2.75, 3.05) is 19.8 Å². The van der Waals surface area contributed by atoms with E-state index >= 15 is 0 Å². The van der Waals surface area contributed by atoms with Gasteiger partial charge < -0.3 is 19.5 Å². The molecule has 7 heteroatoms. The summed E-state index contributed by atoms with van der Waals surface area (Å²) >= 11 is 1.56. The Balaban J connectivity index is 1.38. The van der Waals surface area contributed by atoms with E-state index in [-0.39, 0.29) is 18.6 Å². The molecule has 1 saturated heterocycles. The number of ether oxygens (including phenoxy) is 3. The number of carbonyl (C=O) groups excluding carboxylic acids is 2. The van der Waals surface area contributed by atoms with Crippen LogP contribution < -0.4 is 10.1 Å². The van der Waals surface area contributed by atoms with Crippen molar-refractivity contribution in [3.63, 3.8) is 0 Å². The Bertz CT molecular complexity index is 708. The number of amides is 1. The van der Waals surface area contributed by atoms with Crippen molar-refractivity contribution < 1.29 is 23.8 Å². The molecule has 3 rings (SSSR count). The molecule has 138 valence electrons. The second-order valence-electron chi connectivity index (χ2n) is 5.90. The molecule has 0 saturated carbocycles. The normalized spacial score (nSPS) is 16.2. The fraction of sp³-hybridized carbons (Fsp3) is 0.368. The van der Waals surface area contributed by atoms with Gasteiger partial charge in [0.1, 0.15) is 12.4 Å². The van der Waals surface area contributed by atoms with Gasteiger partial charge in [0.15, 0.2) is 6.61 Å². The van der Waals surface area contributed by atoms with E-state index in [1.54, 1.807) is 35.6 Å². The van der Waals surface area contributed by atoms with Gasteiger partial charge in [-0.05, 0) is 48.6 Å². The molecule has 1 aliphatic heterocycles. The van der Waals surface area contributed by atoms with E-state index in [1.807, 2.05) is 17.5 Å². The summed E-state index contributed by atoms with van der Waals surface area (Å²) < 4.78 is 16.2. The lowest BCUT2D eigenvalue weighted by Gasteiger charge is -2.11. The van der Waals surface area contributed by atoms with Gasteiger partial charge in [0.05, 0.1) is 18.2 Å². The zero-order valence-electron chi connectivity index (χ0n) is 14.3. The summed E-state index contributed by atoms with van der Waals surface area (Å²) in [6.07, 6.45) is 2.23. The van der Waals surface area contributed by atoms with E-state index in [4.69, 9.17) is 14.2 Å². The second-order valence-corrected chi connectivity index (χ2v) is 6.93. The number of hydrogen-bond donors (Lipinski definition) is 1. The first kappa shape index (κ1) is 18.4. The molecular formula is C19H21NO5S. The minimum Gasteiger partial charge on any atom is -0.491 e. The molecule has 0 aliphatic carbocycles. The Morgan fingerprint density at radius 2 is 2.08 bits per heavy atom. The first-order valence-electron chi connectivity index (χ1n) is 8.51. The van der Waals surface area contributed by atoms with E-state index in [0.717, 1.165) is 24.3 Å². The number of thiophene rings is 1. The number of carbonyl (C=O) groups is 2. The molecule has 26 heavy (non-hydrogen) atoms. The number of benzene rings is 1. The van der Waals surface area contributed by atoms with Gasteiger partial charge in [0, 0.05) is 11.5 Å². The van der Waals surface area contributed by atoms with E-state index in [9.17, 15) is 9.59 Å². The zero-order valence-corrected chi connectivity index (χ0v) is 15.1. The fourth-order valence-corrected chi connectivity index (χ4v) is 3.16. The molecule has 1 amide bonds. The van der Waals surface area contributed by atoms with Gasteiger partial charge in [-0.15, -0.1) is 11.3 Å². The maximum atomic E-state index is 12.0. The van der Waals surface area contributed by atoms with Crippen molar-refractivity contribution in [2.45, 2.75) is 25.5 Å². The Morgan fingerprint density at radius 1 is 1.23 bits per heavy atom. The van der Waals surface area contributed by atoms with Crippen LogP contribution in [0.5, 0.6) is 5.75 Å². The molecule has 1 fully saturated rings. The van der Waals surface area contributed by atoms with Crippen LogP contribution in [-0.4, -0.2) is 37.8 Å². The summed E-state index contributed by atoms with van der Waals surface area (Å²) in [5.41, 5.74) is 0.375. The van der Waals surface area contributed by atoms with Crippen molar-refractivity contribution >= 4 is 23.2 Å². The third-order valence-corrected chi connectivity index (χ3v) is 4.80. The van der Waals surface area contributed by atoms with Crippen LogP contribution in [0.3, 0.4) is 0 Å². The van der Waals surface area contributed by atoms with Gasteiger partial charge in [-0.1, -0.05) is 6.07 Å². The second kappa shape index (κ2) is 9.35. The average molecular weight is 375 g/mol. The lowest BCUT2D eigenvalue weighted by Crippen LogP contribution is -2.28. The molecule has 2 heterocycles. The van der Waals surface area contributed by atoms with Gasteiger partial charge in [0.2, 0.25) is 0 Å². The van der Waals surface area contributed by atoms with Crippen molar-refractivity contribution in [2.24, 2.45) is 0 Å². The van der Waals surface area contributed by atoms with Crippen LogP contribution >= 0.6 is 11.3 Å². The van der Waals surface area contributed by atoms with Gasteiger partial charge in [-0.2, -0.15) is 0 Å². The maximum absolute atomic E-state index is 12.0. The van der Waals surface area contributed by atoms with Gasteiger partial charge in [-0.25, -0.2) is 4.79 Å². The molecule has 0 bridgehead atoms. The average Bonchev–Trinajstić information content (AvgIpc) is 3.37. The molecule has 1 N–H and O–H groups in total. The smallest absolute Gasteiger partial charge is 0.338 e. The highest BCUT2D eigenvalue weighted by atomic mass is 32.1. The number of nitrogens with one attached hydrogen (secondary N) is 1. The third kappa shape index (κ3) is 5.57. The lowest BCUT2D eigenvalue weighted by molar-refractivity contribution is -0.124. The van der Waals surface area contributed by atoms with Crippen LogP contribution in [0, 0.1) is 0 Å². The van der Waals surface area contributed by atoms with Crippen molar-refractivity contribution in [3.8, 4) is 5.75 Å². The first-order valence-corrected chi connectivity index (χ1v) is 9.39. The Morgan fingerprint density at radius 3 is 2.77 bits per heavy atom. The SMILES string of the molecule is O=C(COC(=O)c1ccc(OC[C@H]2CCCO2)cc1)NCc1cccs1. The Hall–Kier alpha value is -2.38. The van der Waals surface area contributed by atoms with Crippen molar-refractivity contribution in [1.82, 2.24) is 5.32 Å². The van der Waals surface area contributed by atoms with Crippen LogP contribution in [0.2, 0.25) is 0 Å². The first-order chi connectivity index (χ1) is 12.7. The highest BCUT2D eigenvalue weighted by Crippen LogP contribution is 2.17. The standard InChI is InChI=1S/C19H21NO5S/c21-18(20-11-17-4-2-10-26-17)13-25-19(22)14-5-7-15(8-6-14)24-12-16-3-1-9-23-16/h2,4-8,10,16H,1,3,9,11-13H2,(H,20,21)/t16-/m1/s1. The van der Waals surface area contributed by atoms with Crippen LogP contribution in [0.4, 0.5) is 0 Å². The molecule has 1 aromatic carbocycles. The van der Waals surface area contributed by atoms with Crippen LogP contribution in [0.25, 0.3) is 0 Å². The largest absolute Gasteiger partial charge is 0.491 e. The summed E-state index contributed by atoms with van der Waals surface area (Å²) in [5.74, 6) is -0.198. The monoisotopic (exact) mass is 375 g/mol. The van der Waals surface area contributed by atoms with Gasteiger partial charge in [0.25, 0.3) is 5.91 Å². The quantitative estimate of drug-likeness (QED) is 0.718. The minimum absolute atomic E-state index is 0.146. The van der Waals surface area contributed by atoms with E-state index in [0.29, 0.717) is 24.5 Å². The zero-order chi connectivity index (χ0) is 18.2. The highest BCUT2D eigenvalue weighted by molar-refractivity contribution is 7.09. The Labute approximate surface area is 156 Å². The maximum Gasteiger partial charge on any atom is 0.338 e. The molecule has 0 spiro atoms. The number of esters is 1. The minimum atomic E-state index is -0.540. The summed E-state index contributed by atoms with van der Waals surface area (Å²) in [7, 11) is 0. The van der Waals surface area contributed by atoms with Crippen LogP contribution in [0.15, 0.2) is 41.8 Å². The molecule has 0 unspecified atom stereocenters. The van der Waals surface area contributed by atoms with Crippen LogP contribution in [-0.2, 0) is 20.8 Å². The predicted molar refractivity (Wildman–Crippen MR) is 97.4 cm³/mol. The lowest BCUT2D eigenvalue weighted by atomic mass is 10.2. The topological polar surface area (TPSA) is 73.9 Å². The summed E-state index contributed by atoms with van der Waals surface area (Å²) in [4.78, 5) is 24.8. The van der Waals surface area contributed by atoms with E-state index in [2.05, 4.69) is 5.32 Å². The Kier molecular flexibility index (Phi) is 6.62.